The van der Waals surface area contributed by atoms with Crippen molar-refractivity contribution in [3.63, 3.8) is 0 Å². The van der Waals surface area contributed by atoms with Crippen LogP contribution in [0.25, 0.3) is 11.3 Å². The summed E-state index contributed by atoms with van der Waals surface area (Å²) in [5, 5.41) is 4.60. The normalized spacial score (nSPS) is 10.6. The Kier molecular flexibility index (Phi) is 3.50. The first-order valence-electron chi connectivity index (χ1n) is 6.30. The van der Waals surface area contributed by atoms with Crippen LogP contribution >= 0.6 is 11.6 Å². The molecule has 0 radical (unpaired) electrons. The van der Waals surface area contributed by atoms with Crippen LogP contribution in [0.3, 0.4) is 0 Å². The Bertz CT molecular complexity index is 785. The summed E-state index contributed by atoms with van der Waals surface area (Å²) in [7, 11) is 1.86. The molecule has 0 bridgehead atoms. The van der Waals surface area contributed by atoms with E-state index in [2.05, 4.69) is 10.1 Å². The molecule has 5 nitrogen and oxygen atoms in total. The number of nitrogen functional groups attached to an aromatic ring is 1. The van der Waals surface area contributed by atoms with Crippen LogP contribution in [0.1, 0.15) is 0 Å². The van der Waals surface area contributed by atoms with Crippen LogP contribution in [-0.2, 0) is 7.05 Å². The minimum atomic E-state index is 0.467. The summed E-state index contributed by atoms with van der Waals surface area (Å²) in [5.74, 6) is 1.29. The van der Waals surface area contributed by atoms with Gasteiger partial charge in [-0.3, -0.25) is 9.67 Å². The quantitative estimate of drug-likeness (QED) is 0.752. The van der Waals surface area contributed by atoms with Crippen molar-refractivity contribution in [2.24, 2.45) is 7.05 Å². The van der Waals surface area contributed by atoms with Gasteiger partial charge in [0.1, 0.15) is 11.5 Å². The van der Waals surface area contributed by atoms with Gasteiger partial charge < -0.3 is 10.5 Å². The lowest BCUT2D eigenvalue weighted by molar-refractivity contribution is 0.482. The molecule has 0 spiro atoms. The summed E-state index contributed by atoms with van der Waals surface area (Å²) in [6.45, 7) is 0. The molecule has 0 aliphatic rings. The molecule has 0 fully saturated rings. The zero-order chi connectivity index (χ0) is 14.8. The molecular weight excluding hydrogens is 288 g/mol. The Hall–Kier alpha value is -2.53. The second-order valence-corrected chi connectivity index (χ2v) is 4.97. The Morgan fingerprint density at radius 2 is 2.00 bits per heavy atom. The highest BCUT2D eigenvalue weighted by Crippen LogP contribution is 2.29. The standard InChI is InChI=1S/C15H13ClN4O/c1-20-9-10(8-19-20)15-7-12(4-5-18-15)21-11-2-3-14(17)13(16)6-11/h2-9H,17H2,1H3. The fraction of sp³-hybridized carbons (Fsp3) is 0.0667. The van der Waals surface area contributed by atoms with Crippen LogP contribution < -0.4 is 10.5 Å². The molecular formula is C15H13ClN4O. The Morgan fingerprint density at radius 1 is 1.19 bits per heavy atom. The van der Waals surface area contributed by atoms with Crippen LogP contribution in [-0.4, -0.2) is 14.8 Å². The van der Waals surface area contributed by atoms with Gasteiger partial charge in [0.05, 0.1) is 22.6 Å². The van der Waals surface area contributed by atoms with Gasteiger partial charge in [-0.15, -0.1) is 0 Å². The van der Waals surface area contributed by atoms with Gasteiger partial charge >= 0.3 is 0 Å². The molecule has 21 heavy (non-hydrogen) atoms. The minimum absolute atomic E-state index is 0.467. The summed E-state index contributed by atoms with van der Waals surface area (Å²) in [6, 6.07) is 8.79. The SMILES string of the molecule is Cn1cc(-c2cc(Oc3ccc(N)c(Cl)c3)ccn2)cn1. The van der Waals surface area contributed by atoms with E-state index in [4.69, 9.17) is 22.1 Å². The van der Waals surface area contributed by atoms with Crippen LogP contribution in [0.2, 0.25) is 5.02 Å². The van der Waals surface area contributed by atoms with Crippen LogP contribution in [0.4, 0.5) is 5.69 Å². The van der Waals surface area contributed by atoms with Gasteiger partial charge in [-0.1, -0.05) is 11.6 Å². The molecule has 2 aromatic heterocycles. The molecule has 0 aliphatic carbocycles. The van der Waals surface area contributed by atoms with Crippen molar-refractivity contribution in [1.82, 2.24) is 14.8 Å². The van der Waals surface area contributed by atoms with Crippen molar-refractivity contribution in [3.8, 4) is 22.8 Å². The predicted molar refractivity (Wildman–Crippen MR) is 82.4 cm³/mol. The fourth-order valence-electron chi connectivity index (χ4n) is 1.89. The van der Waals surface area contributed by atoms with Gasteiger partial charge in [0.2, 0.25) is 0 Å². The number of pyridine rings is 1. The molecule has 2 N–H and O–H groups in total. The van der Waals surface area contributed by atoms with Gasteiger partial charge in [-0.25, -0.2) is 0 Å². The van der Waals surface area contributed by atoms with Gasteiger partial charge in [0.25, 0.3) is 0 Å². The topological polar surface area (TPSA) is 66.0 Å². The number of rotatable bonds is 3. The Balaban J connectivity index is 1.87. The molecule has 0 saturated carbocycles. The van der Waals surface area contributed by atoms with E-state index in [1.807, 2.05) is 19.3 Å². The monoisotopic (exact) mass is 300 g/mol. The maximum Gasteiger partial charge on any atom is 0.131 e. The number of hydrogen-bond acceptors (Lipinski definition) is 4. The molecule has 3 rings (SSSR count). The molecule has 0 aliphatic heterocycles. The summed E-state index contributed by atoms with van der Waals surface area (Å²) in [6.07, 6.45) is 5.34. The van der Waals surface area contributed by atoms with E-state index < -0.39 is 0 Å². The van der Waals surface area contributed by atoms with E-state index in [0.29, 0.717) is 22.2 Å². The van der Waals surface area contributed by atoms with Crippen molar-refractivity contribution in [1.29, 1.82) is 0 Å². The van der Waals surface area contributed by atoms with Gasteiger partial charge in [-0.2, -0.15) is 5.10 Å². The average molecular weight is 301 g/mol. The zero-order valence-electron chi connectivity index (χ0n) is 11.3. The Labute approximate surface area is 126 Å². The van der Waals surface area contributed by atoms with E-state index in [1.165, 1.54) is 0 Å². The molecule has 0 saturated heterocycles. The number of aromatic nitrogens is 3. The van der Waals surface area contributed by atoms with Gasteiger partial charge in [0, 0.05) is 37.1 Å². The number of aryl methyl sites for hydroxylation is 1. The molecule has 0 atom stereocenters. The largest absolute Gasteiger partial charge is 0.457 e. The highest BCUT2D eigenvalue weighted by Gasteiger charge is 2.05. The summed E-state index contributed by atoms with van der Waals surface area (Å²) < 4.78 is 7.50. The number of nitrogens with zero attached hydrogens (tertiary/aromatic N) is 3. The van der Waals surface area contributed by atoms with Gasteiger partial charge in [-0.05, 0) is 18.2 Å². The average Bonchev–Trinajstić information content (AvgIpc) is 2.90. The number of halogens is 1. The molecule has 1 aromatic carbocycles. The third-order valence-electron chi connectivity index (χ3n) is 2.94. The smallest absolute Gasteiger partial charge is 0.131 e. The fourth-order valence-corrected chi connectivity index (χ4v) is 2.06. The molecule has 106 valence electrons. The van der Waals surface area contributed by atoms with Crippen molar-refractivity contribution >= 4 is 17.3 Å². The second-order valence-electron chi connectivity index (χ2n) is 4.56. The molecule has 6 heteroatoms. The van der Waals surface area contributed by atoms with E-state index >= 15 is 0 Å². The van der Waals surface area contributed by atoms with E-state index in [9.17, 15) is 0 Å². The number of benzene rings is 1. The molecule has 0 amide bonds. The van der Waals surface area contributed by atoms with E-state index in [0.717, 1.165) is 11.3 Å². The van der Waals surface area contributed by atoms with Crippen molar-refractivity contribution < 1.29 is 4.74 Å². The van der Waals surface area contributed by atoms with Crippen molar-refractivity contribution in [2.75, 3.05) is 5.73 Å². The maximum absolute atomic E-state index is 5.98. The zero-order valence-corrected chi connectivity index (χ0v) is 12.1. The lowest BCUT2D eigenvalue weighted by atomic mass is 10.2. The Morgan fingerprint density at radius 3 is 2.71 bits per heavy atom. The second kappa shape index (κ2) is 5.46. The minimum Gasteiger partial charge on any atom is -0.457 e. The molecule has 2 heterocycles. The number of ether oxygens (including phenoxy) is 1. The first kappa shape index (κ1) is 13.5. The van der Waals surface area contributed by atoms with Gasteiger partial charge in [0.15, 0.2) is 0 Å². The summed E-state index contributed by atoms with van der Waals surface area (Å²) >= 11 is 5.98. The highest BCUT2D eigenvalue weighted by atomic mass is 35.5. The molecule has 3 aromatic rings. The van der Waals surface area contributed by atoms with E-state index in [1.54, 1.807) is 41.3 Å². The first-order chi connectivity index (χ1) is 10.1. The van der Waals surface area contributed by atoms with Crippen molar-refractivity contribution in [2.45, 2.75) is 0 Å². The first-order valence-corrected chi connectivity index (χ1v) is 6.67. The van der Waals surface area contributed by atoms with Crippen LogP contribution in [0.5, 0.6) is 11.5 Å². The lowest BCUT2D eigenvalue weighted by Gasteiger charge is -2.07. The number of nitrogens with two attached hydrogens (primary N) is 1. The van der Waals surface area contributed by atoms with E-state index in [-0.39, 0.29) is 0 Å². The third-order valence-corrected chi connectivity index (χ3v) is 3.27. The number of hydrogen-bond donors (Lipinski definition) is 1. The predicted octanol–water partition coefficient (Wildman–Crippen LogP) is 3.51. The molecule has 0 unspecified atom stereocenters. The van der Waals surface area contributed by atoms with Crippen molar-refractivity contribution in [3.05, 3.63) is 53.9 Å². The third kappa shape index (κ3) is 2.98. The lowest BCUT2D eigenvalue weighted by Crippen LogP contribution is -1.90. The number of anilines is 1. The summed E-state index contributed by atoms with van der Waals surface area (Å²) in [5.41, 5.74) is 7.92. The summed E-state index contributed by atoms with van der Waals surface area (Å²) in [4.78, 5) is 4.32. The van der Waals surface area contributed by atoms with Crippen LogP contribution in [0.15, 0.2) is 48.9 Å². The highest BCUT2D eigenvalue weighted by molar-refractivity contribution is 6.33. The van der Waals surface area contributed by atoms with Crippen LogP contribution in [0, 0.1) is 0 Å². The maximum atomic E-state index is 5.98.